The van der Waals surface area contributed by atoms with Gasteiger partial charge in [0.15, 0.2) is 0 Å². The average molecular weight is 262 g/mol. The Hall–Kier alpha value is -1.81. The first kappa shape index (κ1) is 13.6. The van der Waals surface area contributed by atoms with E-state index in [2.05, 4.69) is 0 Å². The van der Waals surface area contributed by atoms with Gasteiger partial charge in [0.1, 0.15) is 11.6 Å². The van der Waals surface area contributed by atoms with Crippen molar-refractivity contribution in [1.82, 2.24) is 0 Å². The van der Waals surface area contributed by atoms with Gasteiger partial charge in [-0.25, -0.2) is 4.39 Å². The summed E-state index contributed by atoms with van der Waals surface area (Å²) in [4.78, 5) is 1.85. The first-order valence-corrected chi connectivity index (χ1v) is 6.34. The fraction of sp³-hybridized carbons (Fsp3) is 0.333. The maximum Gasteiger partial charge on any atom is 0.146 e. The van der Waals surface area contributed by atoms with Crippen molar-refractivity contribution < 1.29 is 8.81 Å². The van der Waals surface area contributed by atoms with Gasteiger partial charge in [0.2, 0.25) is 0 Å². The number of halogens is 1. The number of hydrogen-bond acceptors (Lipinski definition) is 3. The van der Waals surface area contributed by atoms with Crippen molar-refractivity contribution in [3.8, 4) is 0 Å². The summed E-state index contributed by atoms with van der Waals surface area (Å²) in [6.45, 7) is 2.45. The van der Waals surface area contributed by atoms with Crippen LogP contribution in [0.2, 0.25) is 0 Å². The number of furan rings is 1. The van der Waals surface area contributed by atoms with E-state index in [1.165, 1.54) is 6.07 Å². The van der Waals surface area contributed by atoms with Gasteiger partial charge in [0.05, 0.1) is 18.5 Å². The molecule has 3 nitrogen and oxygen atoms in total. The molecular formula is C15H19FN2O. The van der Waals surface area contributed by atoms with Crippen LogP contribution in [0.4, 0.5) is 10.1 Å². The minimum absolute atomic E-state index is 0.00226. The molecule has 1 unspecified atom stereocenters. The van der Waals surface area contributed by atoms with E-state index in [1.807, 2.05) is 37.1 Å². The van der Waals surface area contributed by atoms with Crippen LogP contribution in [0.25, 0.3) is 0 Å². The van der Waals surface area contributed by atoms with Crippen molar-refractivity contribution in [2.75, 3.05) is 11.9 Å². The third-order valence-electron chi connectivity index (χ3n) is 2.97. The third-order valence-corrected chi connectivity index (χ3v) is 2.97. The lowest BCUT2D eigenvalue weighted by molar-refractivity contribution is 0.505. The van der Waals surface area contributed by atoms with Gasteiger partial charge in [-0.1, -0.05) is 12.1 Å². The molecule has 0 aliphatic rings. The van der Waals surface area contributed by atoms with E-state index in [1.54, 1.807) is 12.3 Å². The summed E-state index contributed by atoms with van der Waals surface area (Å²) in [7, 11) is 1.85. The zero-order valence-electron chi connectivity index (χ0n) is 11.3. The van der Waals surface area contributed by atoms with Gasteiger partial charge < -0.3 is 15.1 Å². The minimum Gasteiger partial charge on any atom is -0.467 e. The Bertz CT molecular complexity index is 523. The number of nitrogens with two attached hydrogens (primary N) is 1. The smallest absolute Gasteiger partial charge is 0.146 e. The maximum atomic E-state index is 14.1. The summed E-state index contributed by atoms with van der Waals surface area (Å²) >= 11 is 0. The topological polar surface area (TPSA) is 42.4 Å². The predicted octanol–water partition coefficient (Wildman–Crippen LogP) is 2.94. The molecule has 0 spiro atoms. The standard InChI is InChI=1S/C15H19FN2O/c1-11(17)9-12-5-3-7-14(16)15(12)18(2)10-13-6-4-8-19-13/h3-8,11H,9-10,17H2,1-2H3. The van der Waals surface area contributed by atoms with E-state index in [0.29, 0.717) is 18.7 Å². The highest BCUT2D eigenvalue weighted by Crippen LogP contribution is 2.26. The Morgan fingerprint density at radius 2 is 2.11 bits per heavy atom. The number of rotatable bonds is 5. The zero-order valence-corrected chi connectivity index (χ0v) is 11.3. The van der Waals surface area contributed by atoms with Crippen LogP contribution in [0, 0.1) is 5.82 Å². The monoisotopic (exact) mass is 262 g/mol. The average Bonchev–Trinajstić information content (AvgIpc) is 2.80. The van der Waals surface area contributed by atoms with Crippen LogP contribution in [0.15, 0.2) is 41.0 Å². The molecule has 1 aromatic carbocycles. The van der Waals surface area contributed by atoms with Crippen LogP contribution in [0.1, 0.15) is 18.2 Å². The summed E-state index contributed by atoms with van der Waals surface area (Å²) in [5.41, 5.74) is 7.33. The normalized spacial score (nSPS) is 12.4. The molecule has 1 heterocycles. The molecule has 19 heavy (non-hydrogen) atoms. The van der Waals surface area contributed by atoms with Crippen LogP contribution < -0.4 is 10.6 Å². The first-order valence-electron chi connectivity index (χ1n) is 6.34. The highest BCUT2D eigenvalue weighted by molar-refractivity contribution is 5.54. The highest BCUT2D eigenvalue weighted by atomic mass is 19.1. The van der Waals surface area contributed by atoms with Crippen LogP contribution in [-0.2, 0) is 13.0 Å². The number of para-hydroxylation sites is 1. The molecule has 0 aliphatic carbocycles. The molecule has 0 radical (unpaired) electrons. The quantitative estimate of drug-likeness (QED) is 0.900. The molecule has 1 aromatic heterocycles. The van der Waals surface area contributed by atoms with Crippen molar-refractivity contribution in [3.05, 3.63) is 53.7 Å². The third kappa shape index (κ3) is 3.35. The molecule has 0 aliphatic heterocycles. The summed E-state index contributed by atoms with van der Waals surface area (Å²) in [5.74, 6) is 0.574. The van der Waals surface area contributed by atoms with Crippen LogP contribution >= 0.6 is 0 Å². The summed E-state index contributed by atoms with van der Waals surface area (Å²) in [6.07, 6.45) is 2.27. The molecule has 4 heteroatoms. The molecule has 1 atom stereocenters. The Morgan fingerprint density at radius 1 is 1.32 bits per heavy atom. The molecule has 2 rings (SSSR count). The lowest BCUT2D eigenvalue weighted by Crippen LogP contribution is -2.23. The Labute approximate surface area is 112 Å². The summed E-state index contributed by atoms with van der Waals surface area (Å²) in [6, 6.07) is 8.81. The molecule has 0 saturated carbocycles. The largest absolute Gasteiger partial charge is 0.467 e. The van der Waals surface area contributed by atoms with Crippen molar-refractivity contribution in [2.24, 2.45) is 5.73 Å². The SMILES string of the molecule is CC(N)Cc1cccc(F)c1N(C)Cc1ccco1. The number of benzene rings is 1. The van der Waals surface area contributed by atoms with Crippen molar-refractivity contribution in [1.29, 1.82) is 0 Å². The molecule has 0 bridgehead atoms. The Kier molecular flexibility index (Phi) is 4.22. The predicted molar refractivity (Wildman–Crippen MR) is 74.6 cm³/mol. The number of nitrogens with zero attached hydrogens (tertiary/aromatic N) is 1. The second kappa shape index (κ2) is 5.89. The lowest BCUT2D eigenvalue weighted by atomic mass is 10.0. The van der Waals surface area contributed by atoms with Gasteiger partial charge in [-0.15, -0.1) is 0 Å². The summed E-state index contributed by atoms with van der Waals surface area (Å²) in [5, 5.41) is 0. The zero-order chi connectivity index (χ0) is 13.8. The van der Waals surface area contributed by atoms with E-state index < -0.39 is 0 Å². The van der Waals surface area contributed by atoms with E-state index in [9.17, 15) is 4.39 Å². The van der Waals surface area contributed by atoms with Gasteiger partial charge >= 0.3 is 0 Å². The van der Waals surface area contributed by atoms with Crippen molar-refractivity contribution in [3.63, 3.8) is 0 Å². The molecule has 2 N–H and O–H groups in total. The first-order chi connectivity index (χ1) is 9.08. The van der Waals surface area contributed by atoms with Crippen LogP contribution in [0.5, 0.6) is 0 Å². The molecular weight excluding hydrogens is 243 g/mol. The minimum atomic E-state index is -0.229. The number of anilines is 1. The lowest BCUT2D eigenvalue weighted by Gasteiger charge is -2.23. The molecule has 0 fully saturated rings. The fourth-order valence-electron chi connectivity index (χ4n) is 2.21. The maximum absolute atomic E-state index is 14.1. The van der Waals surface area contributed by atoms with E-state index in [-0.39, 0.29) is 11.9 Å². The van der Waals surface area contributed by atoms with Gasteiger partial charge in [-0.3, -0.25) is 0 Å². The van der Waals surface area contributed by atoms with Gasteiger partial charge in [0.25, 0.3) is 0 Å². The highest BCUT2D eigenvalue weighted by Gasteiger charge is 2.15. The molecule has 2 aromatic rings. The van der Waals surface area contributed by atoms with Crippen molar-refractivity contribution in [2.45, 2.75) is 25.9 Å². The second-order valence-corrected chi connectivity index (χ2v) is 4.86. The van der Waals surface area contributed by atoms with Gasteiger partial charge in [-0.2, -0.15) is 0 Å². The van der Waals surface area contributed by atoms with E-state index in [0.717, 1.165) is 11.3 Å². The van der Waals surface area contributed by atoms with Gasteiger partial charge in [0, 0.05) is 13.1 Å². The van der Waals surface area contributed by atoms with Crippen molar-refractivity contribution >= 4 is 5.69 Å². The van der Waals surface area contributed by atoms with E-state index >= 15 is 0 Å². The molecule has 102 valence electrons. The molecule has 0 amide bonds. The van der Waals surface area contributed by atoms with Crippen LogP contribution in [0.3, 0.4) is 0 Å². The summed E-state index contributed by atoms with van der Waals surface area (Å²) < 4.78 is 19.4. The van der Waals surface area contributed by atoms with Gasteiger partial charge in [-0.05, 0) is 37.1 Å². The Morgan fingerprint density at radius 3 is 2.74 bits per heavy atom. The van der Waals surface area contributed by atoms with E-state index in [4.69, 9.17) is 10.2 Å². The Balaban J connectivity index is 2.26. The fourth-order valence-corrected chi connectivity index (χ4v) is 2.21. The number of hydrogen-bond donors (Lipinski definition) is 1. The molecule has 0 saturated heterocycles. The second-order valence-electron chi connectivity index (χ2n) is 4.86. The van der Waals surface area contributed by atoms with Crippen LogP contribution in [-0.4, -0.2) is 13.1 Å².